The van der Waals surface area contributed by atoms with E-state index in [1.807, 2.05) is 0 Å². The van der Waals surface area contributed by atoms with Gasteiger partial charge in [-0.25, -0.2) is 10.1 Å². The first-order valence-electron chi connectivity index (χ1n) is 3.65. The molecule has 11 heavy (non-hydrogen) atoms. The molecule has 1 aliphatic heterocycles. The van der Waals surface area contributed by atoms with Gasteiger partial charge in [-0.3, -0.25) is 0 Å². The van der Waals surface area contributed by atoms with Crippen molar-refractivity contribution in [3.63, 3.8) is 0 Å². The van der Waals surface area contributed by atoms with E-state index in [9.17, 15) is 4.21 Å². The topological polar surface area (TPSA) is 64.7 Å². The average Bonchev–Trinajstić information content (AvgIpc) is 2.06. The Kier molecular flexibility index (Phi) is 2.86. The van der Waals surface area contributed by atoms with Crippen LogP contribution in [0.3, 0.4) is 0 Å². The van der Waals surface area contributed by atoms with Crippen LogP contribution in [0.5, 0.6) is 0 Å². The lowest BCUT2D eigenvalue weighted by Crippen LogP contribution is -2.28. The highest BCUT2D eigenvalue weighted by atomic mass is 32.2. The van der Waals surface area contributed by atoms with Gasteiger partial charge in [0.05, 0.1) is 9.73 Å². The number of hydrogen-bond donors (Lipinski definition) is 1. The molecule has 4 nitrogen and oxygen atoms in total. The van der Waals surface area contributed by atoms with Gasteiger partial charge in [-0.2, -0.15) is 4.47 Å². The van der Waals surface area contributed by atoms with Crippen LogP contribution in [0.2, 0.25) is 0 Å². The second kappa shape index (κ2) is 3.51. The number of rotatable bonds is 1. The Morgan fingerprint density at radius 3 is 2.55 bits per heavy atom. The quantitative estimate of drug-likeness (QED) is 0.459. The predicted molar refractivity (Wildman–Crippen MR) is 44.5 cm³/mol. The van der Waals surface area contributed by atoms with Crippen molar-refractivity contribution in [2.45, 2.75) is 18.1 Å². The van der Waals surface area contributed by atoms with E-state index in [-0.39, 0.29) is 5.25 Å². The molecule has 1 heterocycles. The van der Waals surface area contributed by atoms with Gasteiger partial charge in [-0.15, -0.1) is 0 Å². The molecular formula is C6H14N2O2S. The normalized spacial score (nSPS) is 26.0. The highest BCUT2D eigenvalue weighted by Crippen LogP contribution is 2.15. The SMILES string of the molecule is CS(=O)(=NN)C1CCOCC1. The fourth-order valence-corrected chi connectivity index (χ4v) is 2.44. The van der Waals surface area contributed by atoms with E-state index in [2.05, 4.69) is 4.47 Å². The zero-order valence-corrected chi connectivity index (χ0v) is 7.47. The van der Waals surface area contributed by atoms with Crippen LogP contribution in [-0.2, 0) is 14.5 Å². The molecule has 1 unspecified atom stereocenters. The number of nitrogens with zero attached hydrogens (tertiary/aromatic N) is 1. The molecule has 5 heteroatoms. The van der Waals surface area contributed by atoms with Crippen molar-refractivity contribution in [3.8, 4) is 0 Å². The van der Waals surface area contributed by atoms with Gasteiger partial charge < -0.3 is 4.74 Å². The van der Waals surface area contributed by atoms with E-state index in [1.54, 1.807) is 6.26 Å². The molecule has 0 aromatic heterocycles. The first-order chi connectivity index (χ1) is 5.17. The van der Waals surface area contributed by atoms with Crippen molar-refractivity contribution >= 4 is 9.73 Å². The van der Waals surface area contributed by atoms with Crippen LogP contribution >= 0.6 is 0 Å². The van der Waals surface area contributed by atoms with E-state index in [1.165, 1.54) is 0 Å². The van der Waals surface area contributed by atoms with Crippen molar-refractivity contribution in [3.05, 3.63) is 0 Å². The molecule has 0 spiro atoms. The Morgan fingerprint density at radius 1 is 1.55 bits per heavy atom. The fraction of sp³-hybridized carbons (Fsp3) is 1.00. The summed E-state index contributed by atoms with van der Waals surface area (Å²) in [5.74, 6) is 5.05. The molecule has 0 radical (unpaired) electrons. The molecule has 0 aromatic rings. The molecule has 1 fully saturated rings. The van der Waals surface area contributed by atoms with Crippen LogP contribution in [0.1, 0.15) is 12.8 Å². The van der Waals surface area contributed by atoms with Gasteiger partial charge in [-0.1, -0.05) is 0 Å². The first kappa shape index (κ1) is 8.96. The van der Waals surface area contributed by atoms with Gasteiger partial charge in [0.25, 0.3) is 0 Å². The summed E-state index contributed by atoms with van der Waals surface area (Å²) >= 11 is 0. The molecule has 1 atom stereocenters. The number of nitrogens with two attached hydrogens (primary N) is 1. The average molecular weight is 178 g/mol. The molecular weight excluding hydrogens is 164 g/mol. The zero-order chi connectivity index (χ0) is 8.32. The minimum atomic E-state index is -2.15. The van der Waals surface area contributed by atoms with Crippen molar-refractivity contribution in [2.75, 3.05) is 19.5 Å². The van der Waals surface area contributed by atoms with E-state index >= 15 is 0 Å². The minimum Gasteiger partial charge on any atom is -0.381 e. The molecule has 0 saturated carbocycles. The van der Waals surface area contributed by atoms with Crippen LogP contribution in [0.25, 0.3) is 0 Å². The third-order valence-electron chi connectivity index (χ3n) is 2.00. The summed E-state index contributed by atoms with van der Waals surface area (Å²) in [7, 11) is -2.15. The standard InChI is InChI=1S/C6H14N2O2S/c1-11(9,8-7)6-2-4-10-5-3-6/h6H,2-5,7H2,1H3. The molecule has 1 rings (SSSR count). The van der Waals surface area contributed by atoms with Gasteiger partial charge in [0.1, 0.15) is 0 Å². The van der Waals surface area contributed by atoms with Crippen molar-refractivity contribution in [1.82, 2.24) is 0 Å². The summed E-state index contributed by atoms with van der Waals surface area (Å²) in [6, 6.07) is 0. The molecule has 66 valence electrons. The van der Waals surface area contributed by atoms with Gasteiger partial charge in [0, 0.05) is 24.7 Å². The second-order valence-corrected chi connectivity index (χ2v) is 5.38. The summed E-state index contributed by atoms with van der Waals surface area (Å²) in [6.07, 6.45) is 3.25. The van der Waals surface area contributed by atoms with E-state index in [0.29, 0.717) is 13.2 Å². The smallest absolute Gasteiger partial charge is 0.0636 e. The fourth-order valence-electron chi connectivity index (χ4n) is 1.20. The Balaban J connectivity index is 2.66. The van der Waals surface area contributed by atoms with Gasteiger partial charge in [-0.05, 0) is 12.8 Å². The Morgan fingerprint density at radius 2 is 2.09 bits per heavy atom. The number of hydrogen-bond acceptors (Lipinski definition) is 3. The Labute approximate surface area is 67.3 Å². The minimum absolute atomic E-state index is 0.126. The maximum absolute atomic E-state index is 11.6. The van der Waals surface area contributed by atoms with Crippen LogP contribution in [-0.4, -0.2) is 28.9 Å². The van der Waals surface area contributed by atoms with Gasteiger partial charge in [0.2, 0.25) is 0 Å². The summed E-state index contributed by atoms with van der Waals surface area (Å²) in [5, 5.41) is 0.126. The number of ether oxygens (including phenoxy) is 1. The molecule has 0 aliphatic carbocycles. The van der Waals surface area contributed by atoms with Crippen LogP contribution in [0.15, 0.2) is 4.47 Å². The van der Waals surface area contributed by atoms with Crippen molar-refractivity contribution < 1.29 is 8.95 Å². The van der Waals surface area contributed by atoms with Gasteiger partial charge >= 0.3 is 0 Å². The van der Waals surface area contributed by atoms with Crippen molar-refractivity contribution in [2.24, 2.45) is 10.3 Å². The van der Waals surface area contributed by atoms with Crippen LogP contribution in [0.4, 0.5) is 0 Å². The maximum atomic E-state index is 11.6. The largest absolute Gasteiger partial charge is 0.381 e. The first-order valence-corrected chi connectivity index (χ1v) is 5.63. The summed E-state index contributed by atoms with van der Waals surface area (Å²) in [5.41, 5.74) is 0. The van der Waals surface area contributed by atoms with Gasteiger partial charge in [0.15, 0.2) is 0 Å². The van der Waals surface area contributed by atoms with E-state index in [4.69, 9.17) is 10.6 Å². The van der Waals surface area contributed by atoms with Crippen molar-refractivity contribution in [1.29, 1.82) is 0 Å². The Hall–Kier alpha value is -0.130. The van der Waals surface area contributed by atoms with E-state index < -0.39 is 9.73 Å². The predicted octanol–water partition coefficient (Wildman–Crippen LogP) is 0.137. The monoisotopic (exact) mass is 178 g/mol. The summed E-state index contributed by atoms with van der Waals surface area (Å²) in [6.45, 7) is 1.37. The molecule has 2 N–H and O–H groups in total. The molecule has 1 saturated heterocycles. The summed E-state index contributed by atoms with van der Waals surface area (Å²) < 4.78 is 20.1. The lowest BCUT2D eigenvalue weighted by atomic mass is 10.2. The molecule has 0 bridgehead atoms. The second-order valence-electron chi connectivity index (χ2n) is 2.78. The highest BCUT2D eigenvalue weighted by Gasteiger charge is 2.21. The lowest BCUT2D eigenvalue weighted by molar-refractivity contribution is 0.0990. The third-order valence-corrected chi connectivity index (χ3v) is 4.12. The zero-order valence-electron chi connectivity index (χ0n) is 6.66. The maximum Gasteiger partial charge on any atom is 0.0636 e. The summed E-state index contributed by atoms with van der Waals surface area (Å²) in [4.78, 5) is 0. The van der Waals surface area contributed by atoms with E-state index in [0.717, 1.165) is 12.8 Å². The molecule has 0 aromatic carbocycles. The molecule has 1 aliphatic rings. The highest BCUT2D eigenvalue weighted by molar-refractivity contribution is 7.93. The Bertz CT molecular complexity index is 227. The van der Waals surface area contributed by atoms with Crippen LogP contribution in [0, 0.1) is 0 Å². The third kappa shape index (κ3) is 2.15. The van der Waals surface area contributed by atoms with Crippen LogP contribution < -0.4 is 5.84 Å². The molecule has 0 amide bonds. The lowest BCUT2D eigenvalue weighted by Gasteiger charge is -2.22.